The van der Waals surface area contributed by atoms with Crippen LogP contribution in [0.3, 0.4) is 0 Å². The summed E-state index contributed by atoms with van der Waals surface area (Å²) in [6, 6.07) is 0. The van der Waals surface area contributed by atoms with Gasteiger partial charge in [0, 0.05) is 58.4 Å². The van der Waals surface area contributed by atoms with Crippen LogP contribution in [-0.4, -0.2) is 91.1 Å². The number of piperidine rings is 1. The lowest BCUT2D eigenvalue weighted by molar-refractivity contribution is -0.133. The van der Waals surface area contributed by atoms with Crippen LogP contribution in [-0.2, 0) is 11.2 Å². The highest BCUT2D eigenvalue weighted by molar-refractivity contribution is 14.0. The number of aryl methyl sites for hydroxylation is 2. The quantitative estimate of drug-likeness (QED) is 0.363. The lowest BCUT2D eigenvalue weighted by Crippen LogP contribution is -2.54. The molecule has 0 aromatic carbocycles. The van der Waals surface area contributed by atoms with Crippen LogP contribution >= 0.6 is 24.0 Å². The van der Waals surface area contributed by atoms with E-state index in [9.17, 15) is 4.79 Å². The molecule has 2 aliphatic rings. The Bertz CT molecular complexity index is 659. The van der Waals surface area contributed by atoms with E-state index in [1.807, 2.05) is 25.8 Å². The van der Waals surface area contributed by atoms with Crippen molar-refractivity contribution in [3.05, 3.63) is 17.0 Å². The van der Waals surface area contributed by atoms with Crippen molar-refractivity contribution in [1.29, 1.82) is 0 Å². The second-order valence-corrected chi connectivity index (χ2v) is 7.73. The molecule has 0 radical (unpaired) electrons. The molecule has 0 aliphatic carbocycles. The van der Waals surface area contributed by atoms with Crippen molar-refractivity contribution in [3.63, 3.8) is 0 Å². The zero-order valence-corrected chi connectivity index (χ0v) is 20.3. The fourth-order valence-corrected chi connectivity index (χ4v) is 4.04. The maximum absolute atomic E-state index is 12.5. The zero-order valence-electron chi connectivity index (χ0n) is 17.9. The van der Waals surface area contributed by atoms with Crippen LogP contribution in [0.2, 0.25) is 0 Å². The summed E-state index contributed by atoms with van der Waals surface area (Å²) in [6.45, 7) is 10.7. The summed E-state index contributed by atoms with van der Waals surface area (Å²) in [7, 11) is 1.82. The highest BCUT2D eigenvalue weighted by Crippen LogP contribution is 2.13. The number of nitrogens with one attached hydrogen (secondary N) is 1. The molecule has 8 nitrogen and oxygen atoms in total. The van der Waals surface area contributed by atoms with Crippen LogP contribution in [0.25, 0.3) is 0 Å². The summed E-state index contributed by atoms with van der Waals surface area (Å²) in [6.07, 6.45) is 4.42. The number of nitrogens with zero attached hydrogens (tertiary/aromatic N) is 5. The number of carbonyl (C=O) groups is 1. The predicted molar refractivity (Wildman–Crippen MR) is 125 cm³/mol. The van der Waals surface area contributed by atoms with E-state index in [4.69, 9.17) is 4.52 Å². The minimum absolute atomic E-state index is 0. The van der Waals surface area contributed by atoms with Gasteiger partial charge in [-0.1, -0.05) is 5.16 Å². The van der Waals surface area contributed by atoms with Gasteiger partial charge in [-0.15, -0.1) is 24.0 Å². The number of carbonyl (C=O) groups excluding carboxylic acids is 1. The lowest BCUT2D eigenvalue weighted by Gasteiger charge is -2.37. The number of likely N-dealkylation sites (tertiary alicyclic amines) is 1. The molecule has 0 unspecified atom stereocenters. The van der Waals surface area contributed by atoms with Crippen LogP contribution in [0.1, 0.15) is 36.3 Å². The van der Waals surface area contributed by atoms with E-state index in [0.717, 1.165) is 82.5 Å². The third kappa shape index (κ3) is 6.56. The molecule has 2 aliphatic heterocycles. The smallest absolute Gasteiger partial charge is 0.236 e. The molecular formula is C20H35IN6O2. The second kappa shape index (κ2) is 11.7. The molecule has 1 amide bonds. The number of rotatable bonds is 5. The van der Waals surface area contributed by atoms with Crippen molar-refractivity contribution in [2.45, 2.75) is 39.5 Å². The van der Waals surface area contributed by atoms with E-state index in [0.29, 0.717) is 6.54 Å². The first-order valence-electron chi connectivity index (χ1n) is 10.5. The topological polar surface area (TPSA) is 77.2 Å². The Morgan fingerprint density at radius 3 is 2.34 bits per heavy atom. The van der Waals surface area contributed by atoms with Gasteiger partial charge in [-0.25, -0.2) is 0 Å². The number of hydrogen-bond acceptors (Lipinski definition) is 5. The second-order valence-electron chi connectivity index (χ2n) is 7.73. The minimum atomic E-state index is 0. The fourth-order valence-electron chi connectivity index (χ4n) is 4.04. The van der Waals surface area contributed by atoms with Gasteiger partial charge in [0.1, 0.15) is 5.76 Å². The number of piperazine rings is 1. The van der Waals surface area contributed by atoms with Gasteiger partial charge in [0.25, 0.3) is 0 Å². The number of aliphatic imine (C=N–C) groups is 1. The molecule has 1 N–H and O–H groups in total. The van der Waals surface area contributed by atoms with Gasteiger partial charge in [-0.3, -0.25) is 14.7 Å². The number of amides is 1. The molecule has 164 valence electrons. The Morgan fingerprint density at radius 2 is 1.76 bits per heavy atom. The van der Waals surface area contributed by atoms with Crippen molar-refractivity contribution in [1.82, 2.24) is 25.2 Å². The minimum Gasteiger partial charge on any atom is -0.361 e. The molecule has 2 fully saturated rings. The van der Waals surface area contributed by atoms with E-state index in [1.165, 1.54) is 12.0 Å². The van der Waals surface area contributed by atoms with Crippen LogP contribution in [0.15, 0.2) is 9.52 Å². The Hall–Kier alpha value is -1.36. The van der Waals surface area contributed by atoms with E-state index in [2.05, 4.69) is 25.3 Å². The highest BCUT2D eigenvalue weighted by atomic mass is 127. The van der Waals surface area contributed by atoms with E-state index >= 15 is 0 Å². The van der Waals surface area contributed by atoms with Crippen molar-refractivity contribution in [3.8, 4) is 0 Å². The summed E-state index contributed by atoms with van der Waals surface area (Å²) < 4.78 is 5.23. The van der Waals surface area contributed by atoms with Crippen molar-refractivity contribution >= 4 is 35.8 Å². The monoisotopic (exact) mass is 518 g/mol. The maximum Gasteiger partial charge on any atom is 0.236 e. The van der Waals surface area contributed by atoms with Crippen LogP contribution in [0.4, 0.5) is 0 Å². The molecule has 29 heavy (non-hydrogen) atoms. The van der Waals surface area contributed by atoms with Gasteiger partial charge in [0.15, 0.2) is 5.96 Å². The molecule has 0 atom stereocenters. The van der Waals surface area contributed by atoms with Crippen LogP contribution in [0, 0.1) is 13.8 Å². The molecule has 3 rings (SSSR count). The largest absolute Gasteiger partial charge is 0.361 e. The molecule has 3 heterocycles. The molecule has 2 saturated heterocycles. The normalized spacial score (nSPS) is 18.5. The highest BCUT2D eigenvalue weighted by Gasteiger charge is 2.24. The molecule has 1 aromatic rings. The average Bonchev–Trinajstić information content (AvgIpc) is 3.04. The summed E-state index contributed by atoms with van der Waals surface area (Å²) in [5.41, 5.74) is 2.13. The van der Waals surface area contributed by atoms with Crippen molar-refractivity contribution < 1.29 is 9.32 Å². The number of halogens is 1. The fraction of sp³-hybridized carbons (Fsp3) is 0.750. The van der Waals surface area contributed by atoms with Crippen LogP contribution < -0.4 is 5.32 Å². The number of guanidine groups is 1. The Labute approximate surface area is 191 Å². The molecule has 0 bridgehead atoms. The summed E-state index contributed by atoms with van der Waals surface area (Å²) >= 11 is 0. The van der Waals surface area contributed by atoms with Crippen molar-refractivity contribution in [2.24, 2.45) is 4.99 Å². The Kier molecular flexibility index (Phi) is 9.67. The van der Waals surface area contributed by atoms with Gasteiger partial charge in [0.2, 0.25) is 5.91 Å². The van der Waals surface area contributed by atoms with Crippen molar-refractivity contribution in [2.75, 3.05) is 59.4 Å². The lowest BCUT2D eigenvalue weighted by atomic mass is 10.1. The number of aromatic nitrogens is 1. The van der Waals surface area contributed by atoms with Crippen LogP contribution in [0.5, 0.6) is 0 Å². The third-order valence-electron chi connectivity index (χ3n) is 5.79. The average molecular weight is 518 g/mol. The van der Waals surface area contributed by atoms with Gasteiger partial charge in [0.05, 0.1) is 12.2 Å². The molecule has 1 aromatic heterocycles. The first-order valence-corrected chi connectivity index (χ1v) is 10.5. The summed E-state index contributed by atoms with van der Waals surface area (Å²) in [5.74, 6) is 2.10. The van der Waals surface area contributed by atoms with E-state index in [1.54, 1.807) is 0 Å². The number of hydrogen-bond donors (Lipinski definition) is 1. The SMILES string of the molecule is CN=C(NCCc1c(C)noc1C)N1CCN(CC(=O)N2CCCCC2)CC1.I. The Balaban J connectivity index is 0.00000300. The maximum atomic E-state index is 12.5. The van der Waals surface area contributed by atoms with E-state index in [-0.39, 0.29) is 29.9 Å². The van der Waals surface area contributed by atoms with Gasteiger partial charge in [-0.05, 0) is 39.5 Å². The van der Waals surface area contributed by atoms with Gasteiger partial charge in [-0.2, -0.15) is 0 Å². The molecule has 9 heteroatoms. The third-order valence-corrected chi connectivity index (χ3v) is 5.79. The van der Waals surface area contributed by atoms with Gasteiger partial charge >= 0.3 is 0 Å². The Morgan fingerprint density at radius 1 is 1.07 bits per heavy atom. The first-order chi connectivity index (χ1) is 13.6. The standard InChI is InChI=1S/C20H34N6O2.HI/c1-16-18(17(2)28-23-16)7-8-22-20(21-3)26-13-11-24(12-14-26)15-19(27)25-9-5-4-6-10-25;/h4-15H2,1-3H3,(H,21,22);1H. The molecule has 0 saturated carbocycles. The first kappa shape index (κ1) is 23.9. The summed E-state index contributed by atoms with van der Waals surface area (Å²) in [5, 5.41) is 7.46. The zero-order chi connectivity index (χ0) is 19.9. The molecule has 0 spiro atoms. The molecular weight excluding hydrogens is 483 g/mol. The van der Waals surface area contributed by atoms with E-state index < -0.39 is 0 Å². The summed E-state index contributed by atoms with van der Waals surface area (Å²) in [4.78, 5) is 23.5. The predicted octanol–water partition coefficient (Wildman–Crippen LogP) is 1.66. The van der Waals surface area contributed by atoms with Gasteiger partial charge < -0.3 is 19.6 Å².